The number of carbonyl (C=O) groups is 1. The van der Waals surface area contributed by atoms with E-state index in [-0.39, 0.29) is 23.9 Å². The molecule has 1 aliphatic rings. The molecule has 7 heteroatoms. The van der Waals surface area contributed by atoms with Crippen LogP contribution in [0.25, 0.3) is 0 Å². The lowest BCUT2D eigenvalue weighted by Crippen LogP contribution is -2.30. The van der Waals surface area contributed by atoms with Crippen molar-refractivity contribution in [1.82, 2.24) is 5.32 Å². The summed E-state index contributed by atoms with van der Waals surface area (Å²) in [4.78, 5) is 22.5. The highest BCUT2D eigenvalue weighted by Gasteiger charge is 2.29. The highest BCUT2D eigenvalue weighted by molar-refractivity contribution is 8.02. The second-order valence-electron chi connectivity index (χ2n) is 6.28. The number of nitrogens with one attached hydrogen (secondary N) is 1. The van der Waals surface area contributed by atoms with Crippen LogP contribution in [0, 0.1) is 28.4 Å². The maximum atomic E-state index is 12.2. The fraction of sp³-hybridized carbons (Fsp3) is 0.200. The Kier molecular flexibility index (Phi) is 5.57. The van der Waals surface area contributed by atoms with Gasteiger partial charge in [-0.25, -0.2) is 0 Å². The number of nitro benzene ring substituents is 1. The molecule has 2 aromatic rings. The van der Waals surface area contributed by atoms with E-state index in [0.29, 0.717) is 16.4 Å². The van der Waals surface area contributed by atoms with Gasteiger partial charge >= 0.3 is 0 Å². The van der Waals surface area contributed by atoms with E-state index < -0.39 is 4.92 Å². The summed E-state index contributed by atoms with van der Waals surface area (Å²) in [6, 6.07) is 16.4. The third-order valence-electron chi connectivity index (χ3n) is 4.37. The number of hydrogen-bond acceptors (Lipinski definition) is 5. The molecule has 2 aromatic carbocycles. The predicted molar refractivity (Wildman–Crippen MR) is 104 cm³/mol. The Morgan fingerprint density at radius 3 is 2.48 bits per heavy atom. The highest BCUT2D eigenvalue weighted by atomic mass is 32.2. The quantitative estimate of drug-likeness (QED) is 0.621. The highest BCUT2D eigenvalue weighted by Crippen LogP contribution is 2.37. The van der Waals surface area contributed by atoms with Crippen molar-refractivity contribution in [3.8, 4) is 6.07 Å². The molecule has 0 aliphatic carbocycles. The SMILES string of the molecule is Cc1ccc([C@@H]2CC(=O)NC(SCc3ccc([N+](=O)[O-])cc3)=C2C#N)cc1. The van der Waals surface area contributed by atoms with Crippen molar-refractivity contribution in [2.45, 2.75) is 25.0 Å². The maximum Gasteiger partial charge on any atom is 0.269 e. The minimum absolute atomic E-state index is 0.0334. The second kappa shape index (κ2) is 8.06. The van der Waals surface area contributed by atoms with Gasteiger partial charge in [-0.1, -0.05) is 42.0 Å². The van der Waals surface area contributed by atoms with Crippen LogP contribution in [0.4, 0.5) is 5.69 Å². The van der Waals surface area contributed by atoms with E-state index in [4.69, 9.17) is 0 Å². The van der Waals surface area contributed by atoms with Crippen LogP contribution in [-0.2, 0) is 10.5 Å². The molecule has 0 fully saturated rings. The first-order valence-corrected chi connectivity index (χ1v) is 9.33. The van der Waals surface area contributed by atoms with Crippen molar-refractivity contribution >= 4 is 23.4 Å². The molecule has 1 aliphatic heterocycles. The topological polar surface area (TPSA) is 96.0 Å². The van der Waals surface area contributed by atoms with Crippen molar-refractivity contribution in [3.05, 3.63) is 85.9 Å². The summed E-state index contributed by atoms with van der Waals surface area (Å²) in [7, 11) is 0. The number of hydrogen-bond donors (Lipinski definition) is 1. The summed E-state index contributed by atoms with van der Waals surface area (Å²) in [6.45, 7) is 1.99. The number of carbonyl (C=O) groups excluding carboxylic acids is 1. The Bertz CT molecular complexity index is 944. The number of nitriles is 1. The minimum atomic E-state index is -0.444. The molecule has 0 aromatic heterocycles. The van der Waals surface area contributed by atoms with Crippen LogP contribution in [-0.4, -0.2) is 10.8 Å². The van der Waals surface area contributed by atoms with Gasteiger partial charge in [0.25, 0.3) is 5.69 Å². The van der Waals surface area contributed by atoms with Gasteiger partial charge in [-0.15, -0.1) is 11.8 Å². The number of benzene rings is 2. The monoisotopic (exact) mass is 379 g/mol. The molecule has 3 rings (SSSR count). The largest absolute Gasteiger partial charge is 0.320 e. The maximum absolute atomic E-state index is 12.2. The molecule has 6 nitrogen and oxygen atoms in total. The van der Waals surface area contributed by atoms with E-state index in [1.54, 1.807) is 12.1 Å². The number of aryl methyl sites for hydroxylation is 1. The van der Waals surface area contributed by atoms with Crippen molar-refractivity contribution in [3.63, 3.8) is 0 Å². The van der Waals surface area contributed by atoms with Gasteiger partial charge in [0.05, 0.1) is 21.6 Å². The lowest BCUT2D eigenvalue weighted by atomic mass is 9.87. The van der Waals surface area contributed by atoms with E-state index in [0.717, 1.165) is 16.7 Å². The molecule has 1 heterocycles. The Hall–Kier alpha value is -3.11. The lowest BCUT2D eigenvalue weighted by molar-refractivity contribution is -0.384. The van der Waals surface area contributed by atoms with Crippen molar-refractivity contribution in [1.29, 1.82) is 5.26 Å². The summed E-state index contributed by atoms with van der Waals surface area (Å²) in [6.07, 6.45) is 0.244. The van der Waals surface area contributed by atoms with Crippen LogP contribution in [0.3, 0.4) is 0 Å². The predicted octanol–water partition coefficient (Wildman–Crippen LogP) is 4.18. The summed E-state index contributed by atoms with van der Waals surface area (Å²) in [5.41, 5.74) is 3.52. The van der Waals surface area contributed by atoms with Gasteiger partial charge < -0.3 is 5.32 Å². The van der Waals surface area contributed by atoms with Gasteiger partial charge in [0.2, 0.25) is 5.91 Å². The number of rotatable bonds is 5. The van der Waals surface area contributed by atoms with Gasteiger partial charge in [0, 0.05) is 30.2 Å². The third-order valence-corrected chi connectivity index (χ3v) is 5.45. The Labute approximate surface area is 161 Å². The van der Waals surface area contributed by atoms with Crippen LogP contribution in [0.15, 0.2) is 59.1 Å². The van der Waals surface area contributed by atoms with Crippen LogP contribution >= 0.6 is 11.8 Å². The smallest absolute Gasteiger partial charge is 0.269 e. The summed E-state index contributed by atoms with van der Waals surface area (Å²) in [5, 5.41) is 23.8. The fourth-order valence-electron chi connectivity index (χ4n) is 2.89. The number of amides is 1. The van der Waals surface area contributed by atoms with E-state index >= 15 is 0 Å². The molecule has 1 atom stereocenters. The molecule has 136 valence electrons. The van der Waals surface area contributed by atoms with E-state index in [9.17, 15) is 20.2 Å². The first kappa shape index (κ1) is 18.7. The Balaban J connectivity index is 1.82. The molecule has 1 N–H and O–H groups in total. The van der Waals surface area contributed by atoms with Crippen molar-refractivity contribution < 1.29 is 9.72 Å². The number of thioether (sulfide) groups is 1. The van der Waals surface area contributed by atoms with E-state index in [2.05, 4.69) is 11.4 Å². The van der Waals surface area contributed by atoms with Gasteiger partial charge in [0.1, 0.15) is 0 Å². The van der Waals surface area contributed by atoms with Crippen LogP contribution in [0.2, 0.25) is 0 Å². The summed E-state index contributed by atoms with van der Waals surface area (Å²) in [5.74, 6) is 0.119. The van der Waals surface area contributed by atoms with Crippen molar-refractivity contribution in [2.24, 2.45) is 0 Å². The van der Waals surface area contributed by atoms with E-state index in [1.165, 1.54) is 23.9 Å². The molecule has 27 heavy (non-hydrogen) atoms. The summed E-state index contributed by atoms with van der Waals surface area (Å²) >= 11 is 1.36. The molecule has 0 unspecified atom stereocenters. The normalized spacial score (nSPS) is 16.6. The third kappa shape index (κ3) is 4.36. The fourth-order valence-corrected chi connectivity index (χ4v) is 3.92. The number of non-ortho nitro benzene ring substituents is 1. The van der Waals surface area contributed by atoms with Crippen molar-refractivity contribution in [2.75, 3.05) is 0 Å². The number of nitro groups is 1. The molecule has 0 radical (unpaired) electrons. The zero-order valence-corrected chi connectivity index (χ0v) is 15.5. The Morgan fingerprint density at radius 2 is 1.89 bits per heavy atom. The van der Waals surface area contributed by atoms with Gasteiger partial charge in [-0.3, -0.25) is 14.9 Å². The van der Waals surface area contributed by atoms with Crippen LogP contribution in [0.1, 0.15) is 29.0 Å². The molecule has 0 saturated heterocycles. The van der Waals surface area contributed by atoms with Crippen LogP contribution in [0.5, 0.6) is 0 Å². The lowest BCUT2D eigenvalue weighted by Gasteiger charge is -2.25. The minimum Gasteiger partial charge on any atom is -0.320 e. The molecule has 0 saturated carbocycles. The molecule has 1 amide bonds. The molecular weight excluding hydrogens is 362 g/mol. The van der Waals surface area contributed by atoms with Crippen LogP contribution < -0.4 is 5.32 Å². The van der Waals surface area contributed by atoms with Gasteiger partial charge in [-0.05, 0) is 18.1 Å². The standard InChI is InChI=1S/C20H17N3O3S/c1-13-2-6-15(7-3-13)17-10-19(24)22-20(18(17)11-21)27-12-14-4-8-16(9-5-14)23(25)26/h2-9,17H,10,12H2,1H3,(H,22,24)/t17-/m0/s1. The molecule has 0 spiro atoms. The average molecular weight is 379 g/mol. The van der Waals surface area contributed by atoms with Gasteiger partial charge in [-0.2, -0.15) is 5.26 Å². The first-order valence-electron chi connectivity index (χ1n) is 8.34. The molecular formula is C20H17N3O3S. The summed E-state index contributed by atoms with van der Waals surface area (Å²) < 4.78 is 0. The zero-order chi connectivity index (χ0) is 19.4. The molecule has 0 bridgehead atoms. The first-order chi connectivity index (χ1) is 13.0. The van der Waals surface area contributed by atoms with Gasteiger partial charge in [0.15, 0.2) is 0 Å². The second-order valence-corrected chi connectivity index (χ2v) is 7.27. The number of nitrogens with zero attached hydrogens (tertiary/aromatic N) is 2. The average Bonchev–Trinajstić information content (AvgIpc) is 2.66. The van der Waals surface area contributed by atoms with E-state index in [1.807, 2.05) is 31.2 Å². The zero-order valence-electron chi connectivity index (χ0n) is 14.6. The Morgan fingerprint density at radius 1 is 1.22 bits per heavy atom. The number of allylic oxidation sites excluding steroid dienone is 1.